The smallest absolute Gasteiger partial charge is 0.251 e. The van der Waals surface area contributed by atoms with Crippen LogP contribution in [0.25, 0.3) is 0 Å². The molecule has 6 heteroatoms. The van der Waals surface area contributed by atoms with Crippen molar-refractivity contribution in [2.45, 2.75) is 62.8 Å². The van der Waals surface area contributed by atoms with E-state index in [1.807, 2.05) is 17.0 Å². The summed E-state index contributed by atoms with van der Waals surface area (Å²) in [6.07, 6.45) is 9.15. The molecule has 4 rings (SSSR count). The van der Waals surface area contributed by atoms with Crippen LogP contribution in [0.2, 0.25) is 0 Å². The number of amides is 2. The van der Waals surface area contributed by atoms with E-state index in [1.165, 1.54) is 0 Å². The number of aromatic nitrogens is 1. The van der Waals surface area contributed by atoms with Crippen molar-refractivity contribution < 1.29 is 14.3 Å². The standard InChI is InChI=1S/C18H23N3O3/c22-15-11-24-17(18(23)20-13-5-1-2-6-13)16(21(15)14-7-8-14)12-4-3-9-19-10-12/h3-4,9-10,13-14,16-17H,1-2,5-8,11H2,(H,20,23). The third-order valence-electron chi connectivity index (χ3n) is 5.19. The number of nitrogens with one attached hydrogen (secondary N) is 1. The number of hydrogen-bond donors (Lipinski definition) is 1. The first-order valence-corrected chi connectivity index (χ1v) is 8.87. The highest BCUT2D eigenvalue weighted by molar-refractivity contribution is 5.87. The average molecular weight is 329 g/mol. The normalized spacial score (nSPS) is 28.2. The van der Waals surface area contributed by atoms with Crippen LogP contribution < -0.4 is 5.32 Å². The van der Waals surface area contributed by atoms with Crippen molar-refractivity contribution in [3.63, 3.8) is 0 Å². The first-order valence-electron chi connectivity index (χ1n) is 8.87. The number of hydrogen-bond acceptors (Lipinski definition) is 4. The third-order valence-corrected chi connectivity index (χ3v) is 5.19. The summed E-state index contributed by atoms with van der Waals surface area (Å²) in [5.74, 6) is -0.134. The number of morpholine rings is 1. The lowest BCUT2D eigenvalue weighted by Crippen LogP contribution is -2.56. The molecule has 2 saturated carbocycles. The van der Waals surface area contributed by atoms with Gasteiger partial charge in [-0.05, 0) is 37.3 Å². The van der Waals surface area contributed by atoms with Crippen molar-refractivity contribution in [1.29, 1.82) is 0 Å². The predicted molar refractivity (Wildman–Crippen MR) is 87.0 cm³/mol. The Labute approximate surface area is 141 Å². The van der Waals surface area contributed by atoms with Crippen LogP contribution in [0.5, 0.6) is 0 Å². The van der Waals surface area contributed by atoms with Gasteiger partial charge in [0.2, 0.25) is 5.91 Å². The summed E-state index contributed by atoms with van der Waals surface area (Å²) in [6.45, 7) is -0.0178. The minimum absolute atomic E-state index is 0.0178. The van der Waals surface area contributed by atoms with Gasteiger partial charge in [0, 0.05) is 24.5 Å². The Morgan fingerprint density at radius 3 is 2.71 bits per heavy atom. The van der Waals surface area contributed by atoms with Crippen LogP contribution in [0.15, 0.2) is 24.5 Å². The van der Waals surface area contributed by atoms with Crippen molar-refractivity contribution in [2.75, 3.05) is 6.61 Å². The van der Waals surface area contributed by atoms with E-state index in [2.05, 4.69) is 10.3 Å². The lowest BCUT2D eigenvalue weighted by molar-refractivity contribution is -0.165. The van der Waals surface area contributed by atoms with E-state index in [0.29, 0.717) is 0 Å². The van der Waals surface area contributed by atoms with Crippen LogP contribution >= 0.6 is 0 Å². The highest BCUT2D eigenvalue weighted by atomic mass is 16.5. The molecule has 128 valence electrons. The van der Waals surface area contributed by atoms with E-state index in [9.17, 15) is 9.59 Å². The molecule has 1 aliphatic heterocycles. The van der Waals surface area contributed by atoms with Crippen molar-refractivity contribution >= 4 is 11.8 Å². The monoisotopic (exact) mass is 329 g/mol. The van der Waals surface area contributed by atoms with Gasteiger partial charge >= 0.3 is 0 Å². The molecule has 0 aromatic carbocycles. The van der Waals surface area contributed by atoms with Crippen molar-refractivity contribution in [1.82, 2.24) is 15.2 Å². The second-order valence-corrected chi connectivity index (χ2v) is 6.98. The Morgan fingerprint density at radius 2 is 2.04 bits per heavy atom. The highest BCUT2D eigenvalue weighted by Crippen LogP contribution is 2.39. The zero-order valence-electron chi connectivity index (χ0n) is 13.7. The van der Waals surface area contributed by atoms with E-state index >= 15 is 0 Å². The van der Waals surface area contributed by atoms with Crippen LogP contribution in [0.1, 0.15) is 50.1 Å². The number of carbonyl (C=O) groups is 2. The second-order valence-electron chi connectivity index (χ2n) is 6.98. The SMILES string of the molecule is O=C(NC1CCCC1)C1OCC(=O)N(C2CC2)C1c1cccnc1. The molecule has 1 saturated heterocycles. The maximum absolute atomic E-state index is 12.8. The second kappa shape index (κ2) is 6.51. The minimum atomic E-state index is -0.659. The summed E-state index contributed by atoms with van der Waals surface area (Å²) >= 11 is 0. The van der Waals surface area contributed by atoms with Crippen LogP contribution in [0.3, 0.4) is 0 Å². The quantitative estimate of drug-likeness (QED) is 0.910. The van der Waals surface area contributed by atoms with E-state index in [0.717, 1.165) is 44.1 Å². The van der Waals surface area contributed by atoms with Crippen LogP contribution in [0.4, 0.5) is 0 Å². The van der Waals surface area contributed by atoms with E-state index in [4.69, 9.17) is 4.74 Å². The van der Waals surface area contributed by atoms with Crippen LogP contribution in [0, 0.1) is 0 Å². The molecule has 1 N–H and O–H groups in total. The van der Waals surface area contributed by atoms with Gasteiger partial charge in [0.05, 0.1) is 6.04 Å². The van der Waals surface area contributed by atoms with Gasteiger partial charge in [-0.1, -0.05) is 18.9 Å². The molecule has 0 spiro atoms. The molecule has 24 heavy (non-hydrogen) atoms. The van der Waals surface area contributed by atoms with Gasteiger partial charge in [0.1, 0.15) is 6.61 Å². The molecule has 1 aromatic heterocycles. The maximum atomic E-state index is 12.8. The highest BCUT2D eigenvalue weighted by Gasteiger charge is 2.47. The Bertz CT molecular complexity index is 611. The molecular formula is C18H23N3O3. The van der Waals surface area contributed by atoms with Gasteiger partial charge in [-0.3, -0.25) is 14.6 Å². The molecule has 2 amide bonds. The molecule has 1 aromatic rings. The lowest BCUT2D eigenvalue weighted by Gasteiger charge is -2.41. The molecule has 0 radical (unpaired) electrons. The molecule has 2 heterocycles. The molecule has 2 aliphatic carbocycles. The van der Waals surface area contributed by atoms with E-state index in [-0.39, 0.29) is 36.5 Å². The molecule has 6 nitrogen and oxygen atoms in total. The predicted octanol–water partition coefficient (Wildman–Crippen LogP) is 1.57. The fourth-order valence-corrected chi connectivity index (χ4v) is 3.87. The first kappa shape index (κ1) is 15.6. The molecule has 3 aliphatic rings. The molecule has 0 bridgehead atoms. The number of pyridine rings is 1. The summed E-state index contributed by atoms with van der Waals surface area (Å²) in [7, 11) is 0. The van der Waals surface area contributed by atoms with Gasteiger partial charge in [0.25, 0.3) is 5.91 Å². The Morgan fingerprint density at radius 1 is 1.25 bits per heavy atom. The fraction of sp³-hybridized carbons (Fsp3) is 0.611. The van der Waals surface area contributed by atoms with Crippen molar-refractivity contribution in [3.05, 3.63) is 30.1 Å². The summed E-state index contributed by atoms with van der Waals surface area (Å²) in [5, 5.41) is 3.12. The number of carbonyl (C=O) groups excluding carboxylic acids is 2. The van der Waals surface area contributed by atoms with E-state index < -0.39 is 6.10 Å². The topological polar surface area (TPSA) is 71.5 Å². The summed E-state index contributed by atoms with van der Waals surface area (Å²) < 4.78 is 5.71. The Balaban J connectivity index is 1.60. The number of ether oxygens (including phenoxy) is 1. The summed E-state index contributed by atoms with van der Waals surface area (Å²) in [4.78, 5) is 31.3. The zero-order chi connectivity index (χ0) is 16.5. The van der Waals surface area contributed by atoms with Gasteiger partial charge in [-0.25, -0.2) is 0 Å². The molecule has 3 fully saturated rings. The largest absolute Gasteiger partial charge is 0.356 e. The van der Waals surface area contributed by atoms with Crippen LogP contribution in [-0.2, 0) is 14.3 Å². The lowest BCUT2D eigenvalue weighted by atomic mass is 9.98. The van der Waals surface area contributed by atoms with Gasteiger partial charge in [0.15, 0.2) is 6.10 Å². The van der Waals surface area contributed by atoms with E-state index in [1.54, 1.807) is 12.4 Å². The molecule has 2 unspecified atom stereocenters. The number of nitrogens with zero attached hydrogens (tertiary/aromatic N) is 2. The summed E-state index contributed by atoms with van der Waals surface area (Å²) in [5.41, 5.74) is 0.865. The van der Waals surface area contributed by atoms with Crippen molar-refractivity contribution in [3.8, 4) is 0 Å². The Kier molecular flexibility index (Phi) is 4.22. The minimum Gasteiger partial charge on any atom is -0.356 e. The van der Waals surface area contributed by atoms with Crippen molar-refractivity contribution in [2.24, 2.45) is 0 Å². The average Bonchev–Trinajstić information content (AvgIpc) is 3.31. The zero-order valence-corrected chi connectivity index (χ0v) is 13.7. The molecule has 2 atom stereocenters. The molecular weight excluding hydrogens is 306 g/mol. The summed E-state index contributed by atoms with van der Waals surface area (Å²) in [6, 6.07) is 3.85. The Hall–Kier alpha value is -1.95. The first-order chi connectivity index (χ1) is 11.7. The van der Waals surface area contributed by atoms with Gasteiger partial charge < -0.3 is 15.0 Å². The van der Waals surface area contributed by atoms with Gasteiger partial charge in [-0.15, -0.1) is 0 Å². The van der Waals surface area contributed by atoms with Gasteiger partial charge in [-0.2, -0.15) is 0 Å². The fourth-order valence-electron chi connectivity index (χ4n) is 3.87. The number of rotatable bonds is 4. The third kappa shape index (κ3) is 3.02. The maximum Gasteiger partial charge on any atom is 0.251 e. The van der Waals surface area contributed by atoms with Crippen LogP contribution in [-0.4, -0.2) is 46.5 Å².